The Morgan fingerprint density at radius 2 is 1.91 bits per heavy atom. The van der Waals surface area contributed by atoms with Crippen LogP contribution in [-0.2, 0) is 33.4 Å². The largest absolute Gasteiger partial charge is 0.459 e. The lowest BCUT2D eigenvalue weighted by Crippen LogP contribution is -2.43. The van der Waals surface area contributed by atoms with E-state index in [1.54, 1.807) is 51.9 Å². The van der Waals surface area contributed by atoms with Crippen molar-refractivity contribution in [2.45, 2.75) is 24.0 Å². The highest BCUT2D eigenvalue weighted by Gasteiger charge is 2.26. The second-order valence-electron chi connectivity index (χ2n) is 8.33. The van der Waals surface area contributed by atoms with E-state index >= 15 is 0 Å². The molecule has 9 nitrogen and oxygen atoms in total. The molecule has 1 aliphatic rings. The third-order valence-corrected chi connectivity index (χ3v) is 7.45. The number of furan rings is 1. The van der Waals surface area contributed by atoms with Crippen molar-refractivity contribution in [1.29, 1.82) is 0 Å². The number of benzene rings is 1. The molecule has 1 fully saturated rings. The first-order chi connectivity index (χ1) is 17.0. The van der Waals surface area contributed by atoms with Crippen LogP contribution in [0.2, 0.25) is 0 Å². The van der Waals surface area contributed by atoms with Gasteiger partial charge < -0.3 is 18.6 Å². The van der Waals surface area contributed by atoms with Crippen molar-refractivity contribution in [3.05, 3.63) is 84.6 Å². The summed E-state index contributed by atoms with van der Waals surface area (Å²) in [6.45, 7) is 8.28. The molecule has 0 N–H and O–H groups in total. The Morgan fingerprint density at radius 3 is 2.60 bits per heavy atom. The van der Waals surface area contributed by atoms with Crippen LogP contribution in [0.4, 0.5) is 0 Å². The van der Waals surface area contributed by atoms with E-state index in [9.17, 15) is 13.2 Å². The van der Waals surface area contributed by atoms with Crippen molar-refractivity contribution in [3.63, 3.8) is 0 Å². The zero-order valence-electron chi connectivity index (χ0n) is 19.6. The number of morpholine rings is 1. The van der Waals surface area contributed by atoms with Gasteiger partial charge in [0.15, 0.2) is 5.76 Å². The number of imidazole rings is 1. The van der Waals surface area contributed by atoms with Crippen LogP contribution in [0.5, 0.6) is 0 Å². The quantitative estimate of drug-likeness (QED) is 0.375. The molecule has 186 valence electrons. The highest BCUT2D eigenvalue weighted by atomic mass is 32.2. The maximum absolute atomic E-state index is 13.2. The summed E-state index contributed by atoms with van der Waals surface area (Å²) in [5.41, 5.74) is 1.29. The number of nitrogens with zero attached hydrogens (tertiary/aromatic N) is 4. The Balaban J connectivity index is 1.58. The molecule has 0 bridgehead atoms. The summed E-state index contributed by atoms with van der Waals surface area (Å²) in [6.07, 6.45) is 4.61. The summed E-state index contributed by atoms with van der Waals surface area (Å²) in [4.78, 5) is 21.4. The topological polar surface area (TPSA) is 97.9 Å². The van der Waals surface area contributed by atoms with Crippen molar-refractivity contribution >= 4 is 15.7 Å². The van der Waals surface area contributed by atoms with Crippen LogP contribution < -0.4 is 0 Å². The van der Waals surface area contributed by atoms with E-state index in [0.29, 0.717) is 37.6 Å². The number of sulfone groups is 1. The van der Waals surface area contributed by atoms with E-state index in [0.717, 1.165) is 13.1 Å². The summed E-state index contributed by atoms with van der Waals surface area (Å²) in [6, 6.07) is 12.3. The monoisotopic (exact) mass is 498 g/mol. The van der Waals surface area contributed by atoms with Crippen LogP contribution in [0.25, 0.3) is 0 Å². The predicted octanol–water partition coefficient (Wildman–Crippen LogP) is 2.61. The van der Waals surface area contributed by atoms with Crippen molar-refractivity contribution in [3.8, 4) is 0 Å². The SMILES string of the molecule is C=CCn1c(CN(CCN2CCOCC2)C(=O)c2ccco2)cnc1S(=O)(=O)Cc1ccccc1. The molecule has 3 heterocycles. The maximum atomic E-state index is 13.2. The van der Waals surface area contributed by atoms with Gasteiger partial charge in [0.25, 0.3) is 5.91 Å². The van der Waals surface area contributed by atoms with Crippen molar-refractivity contribution < 1.29 is 22.4 Å². The Labute approximate surface area is 205 Å². The second kappa shape index (κ2) is 11.5. The molecule has 35 heavy (non-hydrogen) atoms. The molecule has 0 radical (unpaired) electrons. The summed E-state index contributed by atoms with van der Waals surface area (Å²) >= 11 is 0. The predicted molar refractivity (Wildman–Crippen MR) is 130 cm³/mol. The normalized spacial score (nSPS) is 14.6. The van der Waals surface area contributed by atoms with Crippen LogP contribution in [0, 0.1) is 0 Å². The van der Waals surface area contributed by atoms with E-state index in [4.69, 9.17) is 9.15 Å². The number of ether oxygens (including phenoxy) is 1. The van der Waals surface area contributed by atoms with Crippen LogP contribution in [0.1, 0.15) is 21.8 Å². The Hall–Kier alpha value is -3.21. The van der Waals surface area contributed by atoms with Gasteiger partial charge in [-0.15, -0.1) is 6.58 Å². The van der Waals surface area contributed by atoms with Gasteiger partial charge >= 0.3 is 0 Å². The highest BCUT2D eigenvalue weighted by Crippen LogP contribution is 2.20. The first-order valence-electron chi connectivity index (χ1n) is 11.5. The summed E-state index contributed by atoms with van der Waals surface area (Å²) in [5, 5.41) is -0.0326. The first-order valence-corrected chi connectivity index (χ1v) is 13.2. The lowest BCUT2D eigenvalue weighted by molar-refractivity contribution is 0.0315. The number of hydrogen-bond donors (Lipinski definition) is 0. The molecule has 4 rings (SSSR count). The van der Waals surface area contributed by atoms with Crippen LogP contribution in [0.3, 0.4) is 0 Å². The molecule has 0 saturated carbocycles. The smallest absolute Gasteiger partial charge is 0.289 e. The number of aromatic nitrogens is 2. The molecule has 10 heteroatoms. The number of carbonyl (C=O) groups excluding carboxylic acids is 1. The van der Waals surface area contributed by atoms with Crippen LogP contribution >= 0.6 is 0 Å². The molecule has 0 aliphatic carbocycles. The zero-order chi connectivity index (χ0) is 24.7. The van der Waals surface area contributed by atoms with Gasteiger partial charge in [-0.05, 0) is 17.7 Å². The number of carbonyl (C=O) groups is 1. The van der Waals surface area contributed by atoms with E-state index in [-0.39, 0.29) is 35.7 Å². The molecule has 3 aromatic rings. The minimum atomic E-state index is -3.71. The van der Waals surface area contributed by atoms with Gasteiger partial charge in [0.1, 0.15) is 0 Å². The number of allylic oxidation sites excluding steroid dienone is 1. The fourth-order valence-electron chi connectivity index (χ4n) is 4.04. The molecule has 1 amide bonds. The minimum Gasteiger partial charge on any atom is -0.459 e. The van der Waals surface area contributed by atoms with E-state index in [1.165, 1.54) is 12.5 Å². The molecule has 1 saturated heterocycles. The summed E-state index contributed by atoms with van der Waals surface area (Å²) in [7, 11) is -3.71. The fraction of sp³-hybridized carbons (Fsp3) is 0.360. The van der Waals surface area contributed by atoms with E-state index < -0.39 is 9.84 Å². The minimum absolute atomic E-state index is 0.0326. The lowest BCUT2D eigenvalue weighted by atomic mass is 10.2. The molecule has 0 spiro atoms. The number of rotatable bonds is 11. The van der Waals surface area contributed by atoms with E-state index in [1.807, 2.05) is 6.07 Å². The van der Waals surface area contributed by atoms with Gasteiger partial charge in [-0.3, -0.25) is 9.69 Å². The molecule has 1 aliphatic heterocycles. The fourth-order valence-corrected chi connectivity index (χ4v) is 5.54. The van der Waals surface area contributed by atoms with Gasteiger partial charge in [0.05, 0.1) is 43.7 Å². The summed E-state index contributed by atoms with van der Waals surface area (Å²) < 4.78 is 38.8. The van der Waals surface area contributed by atoms with E-state index in [2.05, 4.69) is 16.5 Å². The average Bonchev–Trinajstić information content (AvgIpc) is 3.54. The third kappa shape index (κ3) is 6.27. The molecule has 0 unspecified atom stereocenters. The standard InChI is InChI=1S/C25H30N4O5S/c1-2-10-29-22(18-26-25(29)35(31,32)20-21-7-4-3-5-8-21)19-28(24(30)23-9-6-15-34-23)12-11-27-13-16-33-17-14-27/h2-9,15,18H,1,10-14,16-17,19-20H2. The van der Waals surface area contributed by atoms with Gasteiger partial charge in [-0.2, -0.15) is 0 Å². The van der Waals surface area contributed by atoms with Gasteiger partial charge in [-0.1, -0.05) is 36.4 Å². The molecule has 0 atom stereocenters. The number of hydrogen-bond acceptors (Lipinski definition) is 7. The average molecular weight is 499 g/mol. The van der Waals surface area contributed by atoms with Crippen LogP contribution in [-0.4, -0.2) is 73.1 Å². The molecule has 1 aromatic carbocycles. The summed E-state index contributed by atoms with van der Waals surface area (Å²) in [5.74, 6) is -0.185. The molecule has 2 aromatic heterocycles. The van der Waals surface area contributed by atoms with Gasteiger partial charge in [0.2, 0.25) is 15.0 Å². The van der Waals surface area contributed by atoms with Gasteiger partial charge in [-0.25, -0.2) is 13.4 Å². The molecular formula is C25H30N4O5S. The Kier molecular flexibility index (Phi) is 8.17. The maximum Gasteiger partial charge on any atom is 0.289 e. The van der Waals surface area contributed by atoms with Crippen molar-refractivity contribution in [1.82, 2.24) is 19.4 Å². The van der Waals surface area contributed by atoms with Crippen molar-refractivity contribution in [2.75, 3.05) is 39.4 Å². The third-order valence-electron chi connectivity index (χ3n) is 5.85. The zero-order valence-corrected chi connectivity index (χ0v) is 20.4. The van der Waals surface area contributed by atoms with Gasteiger partial charge in [0, 0.05) is 32.7 Å². The second-order valence-corrected chi connectivity index (χ2v) is 10.2. The molecular weight excluding hydrogens is 468 g/mol. The first kappa shape index (κ1) is 24.9. The lowest BCUT2D eigenvalue weighted by Gasteiger charge is -2.30. The van der Waals surface area contributed by atoms with Crippen molar-refractivity contribution in [2.24, 2.45) is 0 Å². The highest BCUT2D eigenvalue weighted by molar-refractivity contribution is 7.90. The van der Waals surface area contributed by atoms with Crippen LogP contribution in [0.15, 0.2) is 77.2 Å². The number of amides is 1. The Morgan fingerprint density at radius 1 is 1.14 bits per heavy atom. The Bertz CT molecular complexity index is 1220.